The Balaban J connectivity index is 1.94. The maximum Gasteiger partial charge on any atom is 0.196 e. The van der Waals surface area contributed by atoms with Gasteiger partial charge in [0.1, 0.15) is 6.54 Å². The zero-order chi connectivity index (χ0) is 15.2. The molecule has 1 heterocycles. The molecule has 7 nitrogen and oxygen atoms in total. The van der Waals surface area contributed by atoms with Gasteiger partial charge in [-0.05, 0) is 35.2 Å². The van der Waals surface area contributed by atoms with Gasteiger partial charge in [-0.25, -0.2) is 4.99 Å². The van der Waals surface area contributed by atoms with Crippen LogP contribution < -0.4 is 11.1 Å². The summed E-state index contributed by atoms with van der Waals surface area (Å²) in [6.45, 7) is 4.70. The fraction of sp³-hybridized carbons (Fsp3) is 0.429. The number of tetrazole rings is 1. The van der Waals surface area contributed by atoms with E-state index in [0.29, 0.717) is 24.2 Å². The van der Waals surface area contributed by atoms with Crippen molar-refractivity contribution in [2.75, 3.05) is 5.32 Å². The lowest BCUT2D eigenvalue weighted by Gasteiger charge is -2.10. The molecule has 2 aromatic rings. The fourth-order valence-corrected chi connectivity index (χ4v) is 1.86. The summed E-state index contributed by atoms with van der Waals surface area (Å²) in [4.78, 5) is 5.57. The Labute approximate surface area is 124 Å². The molecule has 0 aliphatic heterocycles. The second kappa shape index (κ2) is 6.83. The first-order chi connectivity index (χ1) is 10.1. The number of aromatic nitrogens is 4. The molecular formula is C14H21N7. The minimum atomic E-state index is 0.303. The number of aliphatic imine (C=N–C) groups is 1. The highest BCUT2D eigenvalue weighted by atomic mass is 15.6. The molecule has 0 fully saturated rings. The molecule has 1 unspecified atom stereocenters. The summed E-state index contributed by atoms with van der Waals surface area (Å²) in [7, 11) is 1.71. The Morgan fingerprint density at radius 1 is 1.38 bits per heavy atom. The quantitative estimate of drug-likeness (QED) is 0.644. The smallest absolute Gasteiger partial charge is 0.196 e. The summed E-state index contributed by atoms with van der Waals surface area (Å²) < 4.78 is 0. The molecular weight excluding hydrogens is 266 g/mol. The molecule has 0 saturated carbocycles. The highest BCUT2D eigenvalue weighted by molar-refractivity contribution is 5.92. The summed E-state index contributed by atoms with van der Waals surface area (Å²) in [5.41, 5.74) is 8.07. The van der Waals surface area contributed by atoms with Crippen LogP contribution in [0.4, 0.5) is 5.69 Å². The van der Waals surface area contributed by atoms with Crippen molar-refractivity contribution in [3.05, 3.63) is 35.7 Å². The molecule has 3 N–H and O–H groups in total. The minimum absolute atomic E-state index is 0.303. The van der Waals surface area contributed by atoms with Gasteiger partial charge in [0.25, 0.3) is 0 Å². The van der Waals surface area contributed by atoms with Gasteiger partial charge in [0.05, 0.1) is 7.05 Å². The van der Waals surface area contributed by atoms with E-state index < -0.39 is 0 Å². The van der Waals surface area contributed by atoms with Crippen LogP contribution in [0.25, 0.3) is 0 Å². The van der Waals surface area contributed by atoms with Crippen LogP contribution in [-0.4, -0.2) is 26.2 Å². The number of nitrogens with two attached hydrogens (primary N) is 1. The lowest BCUT2D eigenvalue weighted by molar-refractivity contribution is 0.627. The number of rotatable bonds is 5. The van der Waals surface area contributed by atoms with Gasteiger partial charge in [-0.15, -0.1) is 10.2 Å². The van der Waals surface area contributed by atoms with Gasteiger partial charge in [-0.2, -0.15) is 4.80 Å². The van der Waals surface area contributed by atoms with Crippen molar-refractivity contribution < 1.29 is 0 Å². The van der Waals surface area contributed by atoms with Gasteiger partial charge < -0.3 is 11.1 Å². The van der Waals surface area contributed by atoms with Crippen molar-refractivity contribution >= 4 is 11.6 Å². The van der Waals surface area contributed by atoms with Crippen LogP contribution in [0.15, 0.2) is 29.3 Å². The molecule has 0 aliphatic carbocycles. The number of nitrogens with one attached hydrogen (secondary N) is 1. The van der Waals surface area contributed by atoms with Crippen molar-refractivity contribution in [1.29, 1.82) is 0 Å². The zero-order valence-corrected chi connectivity index (χ0v) is 12.6. The lowest BCUT2D eigenvalue weighted by Crippen LogP contribution is -2.22. The van der Waals surface area contributed by atoms with Crippen molar-refractivity contribution in [2.45, 2.75) is 32.7 Å². The monoisotopic (exact) mass is 287 g/mol. The standard InChI is InChI=1S/C14H21N7/c1-4-10(2)11-5-7-12(8-6-11)17-14(15)16-9-13-18-20-21(3)19-13/h5-8,10H,4,9H2,1-3H3,(H3,15,16,17). The lowest BCUT2D eigenvalue weighted by atomic mass is 9.99. The third-order valence-electron chi connectivity index (χ3n) is 3.31. The van der Waals surface area contributed by atoms with E-state index in [4.69, 9.17) is 5.73 Å². The van der Waals surface area contributed by atoms with E-state index in [9.17, 15) is 0 Å². The molecule has 0 saturated heterocycles. The molecule has 1 atom stereocenters. The number of nitrogens with zero attached hydrogens (tertiary/aromatic N) is 5. The highest BCUT2D eigenvalue weighted by Crippen LogP contribution is 2.20. The number of hydrogen-bond acceptors (Lipinski definition) is 4. The second-order valence-electron chi connectivity index (χ2n) is 4.95. The molecule has 0 radical (unpaired) electrons. The average molecular weight is 287 g/mol. The van der Waals surface area contributed by atoms with Gasteiger partial charge in [0.2, 0.25) is 0 Å². The average Bonchev–Trinajstić information content (AvgIpc) is 2.91. The van der Waals surface area contributed by atoms with Gasteiger partial charge in [0, 0.05) is 5.69 Å². The van der Waals surface area contributed by atoms with Gasteiger partial charge in [0.15, 0.2) is 11.8 Å². The Hall–Kier alpha value is -2.44. The summed E-state index contributed by atoms with van der Waals surface area (Å²) in [6.07, 6.45) is 1.13. The molecule has 0 bridgehead atoms. The number of benzene rings is 1. The van der Waals surface area contributed by atoms with E-state index in [2.05, 4.69) is 51.7 Å². The minimum Gasteiger partial charge on any atom is -0.370 e. The normalized spacial score (nSPS) is 13.2. The Kier molecular flexibility index (Phi) is 4.86. The summed E-state index contributed by atoms with van der Waals surface area (Å²) in [5.74, 6) is 1.43. The Morgan fingerprint density at radius 2 is 2.10 bits per heavy atom. The first-order valence-corrected chi connectivity index (χ1v) is 6.98. The van der Waals surface area contributed by atoms with Crippen LogP contribution in [0, 0.1) is 0 Å². The van der Waals surface area contributed by atoms with Gasteiger partial charge in [-0.1, -0.05) is 26.0 Å². The largest absolute Gasteiger partial charge is 0.370 e. The van der Waals surface area contributed by atoms with E-state index in [1.165, 1.54) is 10.4 Å². The molecule has 7 heteroatoms. The summed E-state index contributed by atoms with van der Waals surface area (Å²) in [5, 5.41) is 14.7. The molecule has 2 rings (SSSR count). The molecule has 0 aliphatic rings. The van der Waals surface area contributed by atoms with E-state index >= 15 is 0 Å². The molecule has 1 aromatic heterocycles. The Morgan fingerprint density at radius 3 is 2.67 bits per heavy atom. The van der Waals surface area contributed by atoms with Crippen LogP contribution >= 0.6 is 0 Å². The van der Waals surface area contributed by atoms with Crippen LogP contribution in [0.5, 0.6) is 0 Å². The van der Waals surface area contributed by atoms with Crippen molar-refractivity contribution in [2.24, 2.45) is 17.8 Å². The topological polar surface area (TPSA) is 94.0 Å². The van der Waals surface area contributed by atoms with E-state index in [1.807, 2.05) is 12.1 Å². The van der Waals surface area contributed by atoms with Crippen LogP contribution in [0.2, 0.25) is 0 Å². The van der Waals surface area contributed by atoms with Crippen molar-refractivity contribution in [3.8, 4) is 0 Å². The first kappa shape index (κ1) is 15.0. The maximum absolute atomic E-state index is 5.84. The number of hydrogen-bond donors (Lipinski definition) is 2. The zero-order valence-electron chi connectivity index (χ0n) is 12.6. The second-order valence-corrected chi connectivity index (χ2v) is 4.95. The predicted octanol–water partition coefficient (Wildman–Crippen LogP) is 1.65. The number of anilines is 1. The highest BCUT2D eigenvalue weighted by Gasteiger charge is 2.03. The van der Waals surface area contributed by atoms with E-state index in [1.54, 1.807) is 7.05 Å². The van der Waals surface area contributed by atoms with E-state index in [-0.39, 0.29) is 0 Å². The molecule has 0 spiro atoms. The van der Waals surface area contributed by atoms with Gasteiger partial charge >= 0.3 is 0 Å². The number of aryl methyl sites for hydroxylation is 1. The molecule has 1 aromatic carbocycles. The first-order valence-electron chi connectivity index (χ1n) is 6.98. The SMILES string of the molecule is CCC(C)c1ccc(NC(N)=NCc2nnn(C)n2)cc1. The van der Waals surface area contributed by atoms with Crippen LogP contribution in [-0.2, 0) is 13.6 Å². The molecule has 112 valence electrons. The third kappa shape index (κ3) is 4.27. The van der Waals surface area contributed by atoms with Crippen LogP contribution in [0.1, 0.15) is 37.6 Å². The Bertz CT molecular complexity index is 600. The fourth-order valence-electron chi connectivity index (χ4n) is 1.86. The maximum atomic E-state index is 5.84. The summed E-state index contributed by atoms with van der Waals surface area (Å²) >= 11 is 0. The third-order valence-corrected chi connectivity index (χ3v) is 3.31. The molecule has 21 heavy (non-hydrogen) atoms. The summed E-state index contributed by atoms with van der Waals surface area (Å²) in [6, 6.07) is 8.22. The van der Waals surface area contributed by atoms with Crippen LogP contribution in [0.3, 0.4) is 0 Å². The van der Waals surface area contributed by atoms with Gasteiger partial charge in [-0.3, -0.25) is 0 Å². The predicted molar refractivity (Wildman–Crippen MR) is 82.9 cm³/mol. The molecule has 0 amide bonds. The number of guanidine groups is 1. The van der Waals surface area contributed by atoms with Crippen molar-refractivity contribution in [3.63, 3.8) is 0 Å². The van der Waals surface area contributed by atoms with Crippen molar-refractivity contribution in [1.82, 2.24) is 20.2 Å². The van der Waals surface area contributed by atoms with E-state index in [0.717, 1.165) is 12.1 Å².